The van der Waals surface area contributed by atoms with Crippen LogP contribution in [0.5, 0.6) is 0 Å². The van der Waals surface area contributed by atoms with Crippen molar-refractivity contribution >= 4 is 52.3 Å². The van der Waals surface area contributed by atoms with E-state index >= 15 is 0 Å². The Kier molecular flexibility index (Phi) is 7.69. The maximum atomic E-state index is 12.5. The van der Waals surface area contributed by atoms with Crippen molar-refractivity contribution in [3.8, 4) is 0 Å². The Morgan fingerprint density at radius 1 is 1.24 bits per heavy atom. The van der Waals surface area contributed by atoms with E-state index in [-0.39, 0.29) is 36.1 Å². The average Bonchev–Trinajstić information content (AvgIpc) is 2.96. The second-order valence-corrected chi connectivity index (χ2v) is 8.53. The maximum absolute atomic E-state index is 12.5. The first-order valence-corrected chi connectivity index (χ1v) is 9.08. The zero-order valence-corrected chi connectivity index (χ0v) is 17.3. The smallest absolute Gasteiger partial charge is 0.240 e. The van der Waals surface area contributed by atoms with Gasteiger partial charge in [-0.1, -0.05) is 32.9 Å². The van der Waals surface area contributed by atoms with E-state index in [4.69, 9.17) is 10.7 Å². The summed E-state index contributed by atoms with van der Waals surface area (Å²) in [4.78, 5) is 19.2. The molecule has 1 fully saturated rings. The number of carbonyl (C=O) groups excluding carboxylic acids is 1. The number of nitrogens with two attached hydrogens (primary N) is 1. The van der Waals surface area contributed by atoms with E-state index in [0.717, 1.165) is 31.4 Å². The highest BCUT2D eigenvalue weighted by Crippen LogP contribution is 2.34. The van der Waals surface area contributed by atoms with Gasteiger partial charge in [0.15, 0.2) is 0 Å². The molecule has 1 aliphatic heterocycles. The van der Waals surface area contributed by atoms with Gasteiger partial charge in [0.25, 0.3) is 0 Å². The minimum absolute atomic E-state index is 0. The van der Waals surface area contributed by atoms with Crippen molar-refractivity contribution in [3.63, 3.8) is 0 Å². The van der Waals surface area contributed by atoms with Gasteiger partial charge in [-0.3, -0.25) is 4.79 Å². The fourth-order valence-electron chi connectivity index (χ4n) is 2.98. The van der Waals surface area contributed by atoms with E-state index in [1.165, 1.54) is 9.71 Å². The molecule has 25 heavy (non-hydrogen) atoms. The van der Waals surface area contributed by atoms with Crippen molar-refractivity contribution in [1.29, 1.82) is 0 Å². The van der Waals surface area contributed by atoms with Crippen LogP contribution in [0, 0.1) is 5.41 Å². The Labute approximate surface area is 166 Å². The zero-order valence-electron chi connectivity index (χ0n) is 14.9. The van der Waals surface area contributed by atoms with Crippen molar-refractivity contribution in [3.05, 3.63) is 29.3 Å². The summed E-state index contributed by atoms with van der Waals surface area (Å²) in [5.41, 5.74) is 7.01. The molecule has 0 unspecified atom stereocenters. The summed E-state index contributed by atoms with van der Waals surface area (Å²) in [7, 11) is 0. The molecule has 2 N–H and O–H groups in total. The molecule has 0 saturated carbocycles. The molecule has 2 aromatic rings. The molecule has 0 aliphatic carbocycles. The number of halogens is 2. The molecule has 0 radical (unpaired) electrons. The Hall–Kier alpha value is -0.880. The predicted molar refractivity (Wildman–Crippen MR) is 110 cm³/mol. The lowest BCUT2D eigenvalue weighted by atomic mass is 9.86. The SMILES string of the molecule is CC(C)(C)[C@H](N)C(=O)N1CCC(c2nc3ccccc3s2)CC1.Cl.Cl. The number of para-hydroxylation sites is 1. The number of hydrogen-bond donors (Lipinski definition) is 1. The van der Waals surface area contributed by atoms with Crippen molar-refractivity contribution in [2.75, 3.05) is 13.1 Å². The first-order valence-electron chi connectivity index (χ1n) is 8.26. The molecule has 7 heteroatoms. The summed E-state index contributed by atoms with van der Waals surface area (Å²) in [6.07, 6.45) is 1.95. The summed E-state index contributed by atoms with van der Waals surface area (Å²) < 4.78 is 1.25. The number of benzene rings is 1. The monoisotopic (exact) mass is 403 g/mol. The van der Waals surface area contributed by atoms with Gasteiger partial charge in [-0.25, -0.2) is 4.98 Å². The van der Waals surface area contributed by atoms with Gasteiger partial charge >= 0.3 is 0 Å². The van der Waals surface area contributed by atoms with Gasteiger partial charge in [-0.15, -0.1) is 36.2 Å². The van der Waals surface area contributed by atoms with Crippen LogP contribution < -0.4 is 5.73 Å². The van der Waals surface area contributed by atoms with Crippen LogP contribution in [-0.2, 0) is 4.79 Å². The number of piperidine rings is 1. The van der Waals surface area contributed by atoms with Gasteiger partial charge in [0.2, 0.25) is 5.91 Å². The van der Waals surface area contributed by atoms with Crippen molar-refractivity contribution in [2.24, 2.45) is 11.1 Å². The van der Waals surface area contributed by atoms with Gasteiger partial charge in [0, 0.05) is 19.0 Å². The topological polar surface area (TPSA) is 59.2 Å². The summed E-state index contributed by atoms with van der Waals surface area (Å²) in [5.74, 6) is 0.544. The summed E-state index contributed by atoms with van der Waals surface area (Å²) >= 11 is 1.78. The second-order valence-electron chi connectivity index (χ2n) is 7.46. The first-order chi connectivity index (χ1) is 10.9. The summed E-state index contributed by atoms with van der Waals surface area (Å²) in [6, 6.07) is 7.84. The highest BCUT2D eigenvalue weighted by atomic mass is 35.5. The van der Waals surface area contributed by atoms with Crippen LogP contribution in [0.2, 0.25) is 0 Å². The number of amides is 1. The van der Waals surface area contributed by atoms with Crippen LogP contribution in [0.3, 0.4) is 0 Å². The average molecular weight is 404 g/mol. The van der Waals surface area contributed by atoms with Gasteiger partial charge in [-0.05, 0) is 30.4 Å². The standard InChI is InChI=1S/C18H25N3OS.2ClH/c1-18(2,3)15(19)17(22)21-10-8-12(9-11-21)16-20-13-6-4-5-7-14(13)23-16;;/h4-7,12,15H,8-11,19H2,1-3H3;2*1H/t15-;;/m1../s1. The number of carbonyl (C=O) groups is 1. The number of aromatic nitrogens is 1. The molecule has 1 aromatic carbocycles. The summed E-state index contributed by atoms with van der Waals surface area (Å²) in [5, 5.41) is 1.21. The number of rotatable bonds is 2. The molecule has 0 bridgehead atoms. The van der Waals surface area contributed by atoms with E-state index in [0.29, 0.717) is 5.92 Å². The van der Waals surface area contributed by atoms with Crippen LogP contribution in [-0.4, -0.2) is 34.9 Å². The minimum atomic E-state index is -0.429. The zero-order chi connectivity index (χ0) is 16.6. The maximum Gasteiger partial charge on any atom is 0.240 e. The lowest BCUT2D eigenvalue weighted by Crippen LogP contribution is -2.52. The van der Waals surface area contributed by atoms with E-state index in [2.05, 4.69) is 18.2 Å². The quantitative estimate of drug-likeness (QED) is 0.815. The second kappa shape index (κ2) is 8.67. The van der Waals surface area contributed by atoms with E-state index < -0.39 is 6.04 Å². The molecule has 1 atom stereocenters. The van der Waals surface area contributed by atoms with Crippen LogP contribution in [0.1, 0.15) is 44.5 Å². The number of fused-ring (bicyclic) bond motifs is 1. The largest absolute Gasteiger partial charge is 0.341 e. The highest BCUT2D eigenvalue weighted by molar-refractivity contribution is 7.18. The number of hydrogen-bond acceptors (Lipinski definition) is 4. The molecule has 4 nitrogen and oxygen atoms in total. The van der Waals surface area contributed by atoms with Crippen LogP contribution in [0.25, 0.3) is 10.2 Å². The van der Waals surface area contributed by atoms with E-state index in [1.54, 1.807) is 11.3 Å². The third-order valence-corrected chi connectivity index (χ3v) is 5.86. The summed E-state index contributed by atoms with van der Waals surface area (Å²) in [6.45, 7) is 7.61. The van der Waals surface area contributed by atoms with Crippen LogP contribution in [0.15, 0.2) is 24.3 Å². The van der Waals surface area contributed by atoms with Crippen LogP contribution >= 0.6 is 36.2 Å². The molecule has 1 saturated heterocycles. The van der Waals surface area contributed by atoms with Crippen molar-refractivity contribution in [2.45, 2.75) is 45.6 Å². The molecule has 140 valence electrons. The lowest BCUT2D eigenvalue weighted by molar-refractivity contribution is -0.136. The molecular weight excluding hydrogens is 377 g/mol. The lowest BCUT2D eigenvalue weighted by Gasteiger charge is -2.36. The Balaban J connectivity index is 0.00000156. The fourth-order valence-corrected chi connectivity index (χ4v) is 4.12. The molecular formula is C18H27Cl2N3OS. The third kappa shape index (κ3) is 4.85. The number of nitrogens with zero attached hydrogens (tertiary/aromatic N) is 2. The number of thiazole rings is 1. The number of likely N-dealkylation sites (tertiary alicyclic amines) is 1. The minimum Gasteiger partial charge on any atom is -0.341 e. The van der Waals surface area contributed by atoms with E-state index in [9.17, 15) is 4.79 Å². The Morgan fingerprint density at radius 2 is 1.84 bits per heavy atom. The molecule has 2 heterocycles. The van der Waals surface area contributed by atoms with Gasteiger partial charge < -0.3 is 10.6 Å². The van der Waals surface area contributed by atoms with Crippen molar-refractivity contribution in [1.82, 2.24) is 9.88 Å². The van der Waals surface area contributed by atoms with Gasteiger partial charge in [-0.2, -0.15) is 0 Å². The van der Waals surface area contributed by atoms with E-state index in [1.807, 2.05) is 31.7 Å². The molecule has 1 amide bonds. The first kappa shape index (κ1) is 22.2. The Morgan fingerprint density at radius 3 is 2.40 bits per heavy atom. The third-order valence-electron chi connectivity index (χ3n) is 4.67. The van der Waals surface area contributed by atoms with Crippen molar-refractivity contribution < 1.29 is 4.79 Å². The van der Waals surface area contributed by atoms with Crippen LogP contribution in [0.4, 0.5) is 0 Å². The van der Waals surface area contributed by atoms with Gasteiger partial charge in [0.05, 0.1) is 21.3 Å². The molecule has 1 aliphatic rings. The molecule has 1 aromatic heterocycles. The predicted octanol–water partition coefficient (Wildman–Crippen LogP) is 4.22. The fraction of sp³-hybridized carbons (Fsp3) is 0.556. The van der Waals surface area contributed by atoms with Gasteiger partial charge in [0.1, 0.15) is 0 Å². The highest BCUT2D eigenvalue weighted by Gasteiger charge is 2.33. The molecule has 3 rings (SSSR count). The Bertz CT molecular complexity index is 673. The molecule has 0 spiro atoms. The normalized spacial score (nSPS) is 16.9.